The lowest BCUT2D eigenvalue weighted by Crippen LogP contribution is -2.34. The second-order valence-electron chi connectivity index (χ2n) is 1.68. The van der Waals surface area contributed by atoms with E-state index in [0.717, 1.165) is 6.20 Å². The molecule has 0 aromatic heterocycles. The maximum Gasteiger partial charge on any atom is 0.213 e. The van der Waals surface area contributed by atoms with Crippen molar-refractivity contribution in [1.29, 1.82) is 0 Å². The first kappa shape index (κ1) is 6.77. The molecule has 0 radical (unpaired) electrons. The molecule has 1 aliphatic heterocycles. The van der Waals surface area contributed by atoms with Crippen molar-refractivity contribution in [2.75, 3.05) is 0 Å². The van der Waals surface area contributed by atoms with E-state index in [-0.39, 0.29) is 0 Å². The summed E-state index contributed by atoms with van der Waals surface area (Å²) < 4.78 is 10.8. The van der Waals surface area contributed by atoms with Crippen LogP contribution in [0, 0.1) is 0 Å². The highest BCUT2D eigenvalue weighted by Crippen LogP contribution is 2.17. The van der Waals surface area contributed by atoms with E-state index in [4.69, 9.17) is 5.11 Å². The summed E-state index contributed by atoms with van der Waals surface area (Å²) in [7, 11) is 0. The molecule has 1 aliphatic rings. The summed E-state index contributed by atoms with van der Waals surface area (Å²) in [4.78, 5) is 0. The Balaban J connectivity index is 2.70. The van der Waals surface area contributed by atoms with Crippen LogP contribution in [0.4, 0.5) is 4.39 Å². The quantitative estimate of drug-likeness (QED) is 0.445. The molecule has 9 heavy (non-hydrogen) atoms. The summed E-state index contributed by atoms with van der Waals surface area (Å²) in [6, 6.07) is 0. The molecule has 0 fully saturated rings. The molecule has 1 heterocycles. The summed E-state index contributed by atoms with van der Waals surface area (Å²) >= 11 is 2.87. The van der Waals surface area contributed by atoms with Crippen molar-refractivity contribution in [2.24, 2.45) is 0 Å². The molecule has 0 bridgehead atoms. The van der Waals surface area contributed by atoms with Crippen LogP contribution in [0.15, 0.2) is 24.2 Å². The molecule has 2 N–H and O–H groups in total. The summed E-state index contributed by atoms with van der Waals surface area (Å²) in [6.45, 7) is 0. The summed E-state index contributed by atoms with van der Waals surface area (Å²) in [6.07, 6.45) is 3.52. The van der Waals surface area contributed by atoms with Crippen LogP contribution in [0.25, 0.3) is 0 Å². The number of nitrogens with one attached hydrogen (secondary N) is 1. The van der Waals surface area contributed by atoms with Crippen LogP contribution in [-0.4, -0.2) is 9.74 Å². The van der Waals surface area contributed by atoms with Gasteiger partial charge in [-0.25, -0.2) is 4.39 Å². The average molecular weight is 194 g/mol. The lowest BCUT2D eigenvalue weighted by Gasteiger charge is -2.19. The SMILES string of the molecule is O[C@]1(Br)C=CC(F)=CN1. The number of hydrogen-bond acceptors (Lipinski definition) is 2. The minimum atomic E-state index is -1.28. The van der Waals surface area contributed by atoms with E-state index < -0.39 is 10.5 Å². The third-order valence-corrected chi connectivity index (χ3v) is 1.37. The lowest BCUT2D eigenvalue weighted by atomic mass is 10.3. The van der Waals surface area contributed by atoms with Gasteiger partial charge in [0, 0.05) is 6.20 Å². The van der Waals surface area contributed by atoms with Gasteiger partial charge in [0.1, 0.15) is 5.83 Å². The molecule has 0 amide bonds. The van der Waals surface area contributed by atoms with Crippen molar-refractivity contribution >= 4 is 15.9 Å². The minimum Gasteiger partial charge on any atom is -0.359 e. The average Bonchev–Trinajstić information content (AvgIpc) is 1.78. The van der Waals surface area contributed by atoms with Crippen molar-refractivity contribution in [3.63, 3.8) is 0 Å². The standard InChI is InChI=1S/C5H5BrFNO/c6-5(9)2-1-4(7)3-8-5/h1-3,8-9H/t5-/m0/s1. The van der Waals surface area contributed by atoms with Gasteiger partial charge in [-0.3, -0.25) is 0 Å². The van der Waals surface area contributed by atoms with Gasteiger partial charge in [-0.2, -0.15) is 0 Å². The Morgan fingerprint density at radius 2 is 2.44 bits per heavy atom. The highest BCUT2D eigenvalue weighted by Gasteiger charge is 2.18. The fourth-order valence-corrected chi connectivity index (χ4v) is 0.703. The van der Waals surface area contributed by atoms with Crippen LogP contribution in [0.3, 0.4) is 0 Å². The number of rotatable bonds is 0. The molecule has 0 aliphatic carbocycles. The van der Waals surface area contributed by atoms with Gasteiger partial charge in [0.25, 0.3) is 0 Å². The largest absolute Gasteiger partial charge is 0.359 e. The van der Waals surface area contributed by atoms with E-state index in [1.807, 2.05) is 0 Å². The van der Waals surface area contributed by atoms with Crippen molar-refractivity contribution < 1.29 is 9.50 Å². The zero-order valence-corrected chi connectivity index (χ0v) is 6.02. The maximum atomic E-state index is 12.1. The molecule has 0 unspecified atom stereocenters. The second-order valence-corrected chi connectivity index (χ2v) is 2.89. The van der Waals surface area contributed by atoms with Crippen LogP contribution >= 0.6 is 15.9 Å². The first-order valence-corrected chi connectivity index (χ1v) is 3.13. The van der Waals surface area contributed by atoms with Gasteiger partial charge < -0.3 is 10.4 Å². The van der Waals surface area contributed by atoms with Gasteiger partial charge in [0.05, 0.1) is 0 Å². The molecule has 50 valence electrons. The van der Waals surface area contributed by atoms with Crippen LogP contribution in [-0.2, 0) is 0 Å². The molecule has 0 aromatic rings. The van der Waals surface area contributed by atoms with E-state index >= 15 is 0 Å². The molecule has 4 heteroatoms. The first-order valence-electron chi connectivity index (χ1n) is 2.34. The Labute approximate surface area is 60.2 Å². The first-order chi connectivity index (χ1) is 4.10. The molecule has 2 nitrogen and oxygen atoms in total. The van der Waals surface area contributed by atoms with Crippen molar-refractivity contribution in [2.45, 2.75) is 4.63 Å². The molecular formula is C5H5BrFNO. The predicted molar refractivity (Wildman–Crippen MR) is 35.3 cm³/mol. The molecular weight excluding hydrogens is 189 g/mol. The Hall–Kier alpha value is -0.350. The number of aliphatic hydroxyl groups is 1. The number of hydrogen-bond donors (Lipinski definition) is 2. The Kier molecular flexibility index (Phi) is 1.59. The van der Waals surface area contributed by atoms with Gasteiger partial charge >= 0.3 is 0 Å². The van der Waals surface area contributed by atoms with Crippen LogP contribution < -0.4 is 5.32 Å². The normalized spacial score (nSPS) is 33.4. The lowest BCUT2D eigenvalue weighted by molar-refractivity contribution is 0.170. The maximum absolute atomic E-state index is 12.1. The fraction of sp³-hybridized carbons (Fsp3) is 0.200. The second kappa shape index (κ2) is 2.11. The van der Waals surface area contributed by atoms with E-state index in [9.17, 15) is 4.39 Å². The van der Waals surface area contributed by atoms with Gasteiger partial charge in [0.15, 0.2) is 0 Å². The van der Waals surface area contributed by atoms with Crippen LogP contribution in [0.5, 0.6) is 0 Å². The fourth-order valence-electron chi connectivity index (χ4n) is 0.456. The van der Waals surface area contributed by atoms with E-state index in [0.29, 0.717) is 0 Å². The Bertz CT molecular complexity index is 176. The van der Waals surface area contributed by atoms with Gasteiger partial charge in [-0.15, -0.1) is 0 Å². The highest BCUT2D eigenvalue weighted by atomic mass is 79.9. The van der Waals surface area contributed by atoms with Crippen molar-refractivity contribution in [1.82, 2.24) is 5.32 Å². The third kappa shape index (κ3) is 1.80. The predicted octanol–water partition coefficient (Wildman–Crippen LogP) is 0.998. The molecule has 0 spiro atoms. The minimum absolute atomic E-state index is 0.404. The number of alkyl halides is 1. The van der Waals surface area contributed by atoms with Gasteiger partial charge in [-0.1, -0.05) is 0 Å². The van der Waals surface area contributed by atoms with Crippen LogP contribution in [0.2, 0.25) is 0 Å². The summed E-state index contributed by atoms with van der Waals surface area (Å²) in [5, 5.41) is 11.4. The molecule has 0 saturated carbocycles. The molecule has 0 aromatic carbocycles. The monoisotopic (exact) mass is 193 g/mol. The summed E-state index contributed by atoms with van der Waals surface area (Å²) in [5.41, 5.74) is 0. The van der Waals surface area contributed by atoms with E-state index in [1.165, 1.54) is 12.2 Å². The molecule has 1 rings (SSSR count). The smallest absolute Gasteiger partial charge is 0.213 e. The van der Waals surface area contributed by atoms with Crippen molar-refractivity contribution in [3.8, 4) is 0 Å². The zero-order chi connectivity index (χ0) is 6.91. The topological polar surface area (TPSA) is 32.3 Å². The number of allylic oxidation sites excluding steroid dienone is 2. The number of halogens is 2. The number of dihydropyridines is 1. The van der Waals surface area contributed by atoms with Crippen molar-refractivity contribution in [3.05, 3.63) is 24.2 Å². The van der Waals surface area contributed by atoms with E-state index in [1.54, 1.807) is 0 Å². The summed E-state index contributed by atoms with van der Waals surface area (Å²) in [5.74, 6) is -0.404. The Morgan fingerprint density at radius 3 is 2.78 bits per heavy atom. The zero-order valence-electron chi connectivity index (χ0n) is 4.44. The molecule has 1 atom stereocenters. The highest BCUT2D eigenvalue weighted by molar-refractivity contribution is 9.10. The van der Waals surface area contributed by atoms with Gasteiger partial charge in [-0.05, 0) is 28.1 Å². The Morgan fingerprint density at radius 1 is 1.78 bits per heavy atom. The molecule has 0 saturated heterocycles. The van der Waals surface area contributed by atoms with E-state index in [2.05, 4.69) is 21.2 Å². The van der Waals surface area contributed by atoms with Crippen LogP contribution in [0.1, 0.15) is 0 Å². The third-order valence-electron chi connectivity index (χ3n) is 0.876. The van der Waals surface area contributed by atoms with Gasteiger partial charge in [0.2, 0.25) is 4.63 Å².